The van der Waals surface area contributed by atoms with E-state index in [1.54, 1.807) is 14.0 Å². The van der Waals surface area contributed by atoms with Crippen LogP contribution in [0.1, 0.15) is 26.5 Å². The quantitative estimate of drug-likeness (QED) is 0.604. The molecule has 2 aromatic carbocycles. The first kappa shape index (κ1) is 20.5. The fourth-order valence-corrected chi connectivity index (χ4v) is 3.68. The number of amides is 1. The molecule has 7 heteroatoms. The minimum atomic E-state index is -0.559. The molecule has 0 fully saturated rings. The molecular formula is C22H22N2O4S. The number of methoxy groups -OCH3 is 1. The number of aryl methyl sites for hydroxylation is 2. The van der Waals surface area contributed by atoms with E-state index in [2.05, 4.69) is 10.3 Å². The van der Waals surface area contributed by atoms with Gasteiger partial charge >= 0.3 is 5.97 Å². The van der Waals surface area contributed by atoms with Crippen LogP contribution in [0.4, 0.5) is 5.69 Å². The normalized spacial score (nSPS) is 10.5. The predicted molar refractivity (Wildman–Crippen MR) is 114 cm³/mol. The average molecular weight is 410 g/mol. The summed E-state index contributed by atoms with van der Waals surface area (Å²) in [7, 11) is 1.60. The summed E-state index contributed by atoms with van der Waals surface area (Å²) in [6.45, 7) is 5.29. The van der Waals surface area contributed by atoms with Crippen molar-refractivity contribution in [2.24, 2.45) is 0 Å². The van der Waals surface area contributed by atoms with Gasteiger partial charge in [-0.3, -0.25) is 4.79 Å². The van der Waals surface area contributed by atoms with Crippen LogP contribution in [0.25, 0.3) is 10.6 Å². The van der Waals surface area contributed by atoms with Crippen LogP contribution in [0, 0.1) is 20.8 Å². The minimum Gasteiger partial charge on any atom is -0.497 e. The van der Waals surface area contributed by atoms with Gasteiger partial charge in [0.25, 0.3) is 5.91 Å². The number of carbonyl (C=O) groups is 2. The Balaban J connectivity index is 1.64. The Morgan fingerprint density at radius 3 is 2.48 bits per heavy atom. The number of nitrogens with one attached hydrogen (secondary N) is 1. The van der Waals surface area contributed by atoms with E-state index < -0.39 is 5.97 Å². The van der Waals surface area contributed by atoms with Crippen molar-refractivity contribution in [1.82, 2.24) is 4.98 Å². The van der Waals surface area contributed by atoms with Gasteiger partial charge in [0.1, 0.15) is 15.6 Å². The first-order chi connectivity index (χ1) is 13.9. The summed E-state index contributed by atoms with van der Waals surface area (Å²) in [6, 6.07) is 13.1. The van der Waals surface area contributed by atoms with E-state index in [-0.39, 0.29) is 12.5 Å². The second kappa shape index (κ2) is 8.87. The average Bonchev–Trinajstić information content (AvgIpc) is 3.11. The van der Waals surface area contributed by atoms with Crippen molar-refractivity contribution in [3.63, 3.8) is 0 Å². The predicted octanol–water partition coefficient (Wildman–Crippen LogP) is 4.54. The fraction of sp³-hybridized carbons (Fsp3) is 0.227. The number of esters is 1. The molecule has 3 aromatic rings. The van der Waals surface area contributed by atoms with Crippen molar-refractivity contribution in [3.05, 3.63) is 64.2 Å². The van der Waals surface area contributed by atoms with E-state index in [1.165, 1.54) is 11.3 Å². The Labute approximate surface area is 173 Å². The number of thiazole rings is 1. The molecule has 1 heterocycles. The van der Waals surface area contributed by atoms with Gasteiger partial charge in [0.05, 0.1) is 12.8 Å². The summed E-state index contributed by atoms with van der Waals surface area (Å²) in [6.07, 6.45) is 0. The molecule has 0 aliphatic rings. The molecule has 0 spiro atoms. The van der Waals surface area contributed by atoms with Gasteiger partial charge in [-0.2, -0.15) is 0 Å². The molecule has 0 unspecified atom stereocenters. The number of anilines is 1. The Kier molecular flexibility index (Phi) is 6.29. The maximum Gasteiger partial charge on any atom is 0.350 e. The van der Waals surface area contributed by atoms with Gasteiger partial charge in [0.2, 0.25) is 0 Å². The van der Waals surface area contributed by atoms with Gasteiger partial charge in [-0.25, -0.2) is 9.78 Å². The zero-order valence-corrected chi connectivity index (χ0v) is 17.6. The lowest BCUT2D eigenvalue weighted by Gasteiger charge is -2.10. The molecule has 0 aliphatic carbocycles. The number of hydrogen-bond donors (Lipinski definition) is 1. The number of ether oxygens (including phenoxy) is 2. The summed E-state index contributed by atoms with van der Waals surface area (Å²) in [5, 5.41) is 3.48. The molecule has 6 nitrogen and oxygen atoms in total. The Morgan fingerprint density at radius 2 is 1.79 bits per heavy atom. The van der Waals surface area contributed by atoms with E-state index in [0.29, 0.717) is 21.3 Å². The highest BCUT2D eigenvalue weighted by Gasteiger charge is 2.19. The number of nitrogens with zero attached hydrogens (tertiary/aromatic N) is 1. The van der Waals surface area contributed by atoms with Crippen LogP contribution in [0.2, 0.25) is 0 Å². The third-order valence-corrected chi connectivity index (χ3v) is 5.72. The Morgan fingerprint density at radius 1 is 1.07 bits per heavy atom. The fourth-order valence-electron chi connectivity index (χ4n) is 2.71. The van der Waals surface area contributed by atoms with Gasteiger partial charge in [-0.1, -0.05) is 12.1 Å². The van der Waals surface area contributed by atoms with E-state index >= 15 is 0 Å². The zero-order chi connectivity index (χ0) is 21.0. The van der Waals surface area contributed by atoms with E-state index in [0.717, 1.165) is 22.4 Å². The molecule has 0 aliphatic heterocycles. The Bertz CT molecular complexity index is 1040. The molecule has 1 N–H and O–H groups in total. The number of rotatable bonds is 6. The highest BCUT2D eigenvalue weighted by atomic mass is 32.1. The van der Waals surface area contributed by atoms with Crippen molar-refractivity contribution < 1.29 is 19.1 Å². The lowest BCUT2D eigenvalue weighted by molar-refractivity contribution is -0.119. The van der Waals surface area contributed by atoms with Crippen LogP contribution in [-0.2, 0) is 9.53 Å². The monoisotopic (exact) mass is 410 g/mol. The van der Waals surface area contributed by atoms with E-state index in [4.69, 9.17) is 9.47 Å². The lowest BCUT2D eigenvalue weighted by atomic mass is 10.1. The number of hydrogen-bond acceptors (Lipinski definition) is 6. The number of aromatic nitrogens is 1. The van der Waals surface area contributed by atoms with Crippen LogP contribution in [-0.4, -0.2) is 30.6 Å². The van der Waals surface area contributed by atoms with Crippen LogP contribution < -0.4 is 10.1 Å². The van der Waals surface area contributed by atoms with Gasteiger partial charge in [0, 0.05) is 11.3 Å². The molecule has 29 heavy (non-hydrogen) atoms. The molecule has 0 bridgehead atoms. The second-order valence-electron chi connectivity index (χ2n) is 6.53. The van der Waals surface area contributed by atoms with E-state index in [1.807, 2.05) is 56.3 Å². The Hall–Kier alpha value is -3.19. The molecule has 0 atom stereocenters. The molecule has 1 amide bonds. The van der Waals surface area contributed by atoms with Crippen LogP contribution in [0.5, 0.6) is 5.75 Å². The maximum absolute atomic E-state index is 12.4. The second-order valence-corrected chi connectivity index (χ2v) is 7.53. The van der Waals surface area contributed by atoms with Crippen molar-refractivity contribution in [2.75, 3.05) is 19.0 Å². The zero-order valence-electron chi connectivity index (χ0n) is 16.7. The number of benzene rings is 2. The molecule has 1 aromatic heterocycles. The minimum absolute atomic E-state index is 0.360. The molecule has 0 saturated carbocycles. The van der Waals surface area contributed by atoms with Crippen molar-refractivity contribution in [1.29, 1.82) is 0 Å². The van der Waals surface area contributed by atoms with Crippen LogP contribution in [0.3, 0.4) is 0 Å². The molecule has 0 radical (unpaired) electrons. The molecule has 3 rings (SSSR count). The van der Waals surface area contributed by atoms with Gasteiger partial charge in [0.15, 0.2) is 6.61 Å². The topological polar surface area (TPSA) is 77.5 Å². The van der Waals surface area contributed by atoms with Gasteiger partial charge in [-0.15, -0.1) is 11.3 Å². The third kappa shape index (κ3) is 4.81. The summed E-state index contributed by atoms with van der Waals surface area (Å²) in [5.74, 6) is -0.197. The van der Waals surface area contributed by atoms with Crippen LogP contribution in [0.15, 0.2) is 42.5 Å². The molecular weight excluding hydrogens is 388 g/mol. The maximum atomic E-state index is 12.4. The van der Waals surface area contributed by atoms with Crippen LogP contribution >= 0.6 is 11.3 Å². The van der Waals surface area contributed by atoms with Crippen molar-refractivity contribution in [3.8, 4) is 16.3 Å². The van der Waals surface area contributed by atoms with Crippen molar-refractivity contribution in [2.45, 2.75) is 20.8 Å². The summed E-state index contributed by atoms with van der Waals surface area (Å²) in [5.41, 5.74) is 4.22. The lowest BCUT2D eigenvalue weighted by Crippen LogP contribution is -2.21. The highest BCUT2D eigenvalue weighted by Crippen LogP contribution is 2.29. The number of carbonyl (C=O) groups excluding carboxylic acids is 2. The SMILES string of the molecule is COc1ccc(-c2nc(C)c(C(=O)OCC(=O)Nc3cccc(C)c3C)s2)cc1. The van der Waals surface area contributed by atoms with Crippen molar-refractivity contribution >= 4 is 28.9 Å². The summed E-state index contributed by atoms with van der Waals surface area (Å²) < 4.78 is 10.4. The summed E-state index contributed by atoms with van der Waals surface area (Å²) in [4.78, 5) is 29.4. The van der Waals surface area contributed by atoms with Gasteiger partial charge in [-0.05, 0) is 62.2 Å². The smallest absolute Gasteiger partial charge is 0.350 e. The highest BCUT2D eigenvalue weighted by molar-refractivity contribution is 7.17. The standard InChI is InChI=1S/C22H22N2O4S/c1-13-6-5-7-18(14(13)2)24-19(25)12-28-22(26)20-15(3)23-21(29-20)16-8-10-17(27-4)11-9-16/h5-11H,12H2,1-4H3,(H,24,25). The third-order valence-electron chi connectivity index (χ3n) is 4.53. The molecule has 0 saturated heterocycles. The van der Waals surface area contributed by atoms with E-state index in [9.17, 15) is 9.59 Å². The largest absolute Gasteiger partial charge is 0.497 e. The summed E-state index contributed by atoms with van der Waals surface area (Å²) >= 11 is 1.24. The molecule has 150 valence electrons. The van der Waals surface area contributed by atoms with Gasteiger partial charge < -0.3 is 14.8 Å². The first-order valence-electron chi connectivity index (χ1n) is 9.04. The first-order valence-corrected chi connectivity index (χ1v) is 9.85.